The van der Waals surface area contributed by atoms with Crippen molar-refractivity contribution < 1.29 is 28.6 Å². The maximum Gasteiger partial charge on any atom is 0.306 e. The van der Waals surface area contributed by atoms with Crippen LogP contribution in [-0.4, -0.2) is 37.2 Å². The normalized spacial score (nSPS) is 12.8. The van der Waals surface area contributed by atoms with E-state index in [-0.39, 0.29) is 37.5 Å². The summed E-state index contributed by atoms with van der Waals surface area (Å²) in [5, 5.41) is 0. The van der Waals surface area contributed by atoms with Crippen molar-refractivity contribution >= 4 is 17.9 Å². The lowest BCUT2D eigenvalue weighted by Gasteiger charge is -2.18. The third kappa shape index (κ3) is 53.3. The Balaban J connectivity index is 4.52. The summed E-state index contributed by atoms with van der Waals surface area (Å²) in [7, 11) is 0. The molecular weight excluding hydrogens is 841 g/mol. The summed E-state index contributed by atoms with van der Waals surface area (Å²) in [5.41, 5.74) is 0. The second kappa shape index (κ2) is 55.9. The molecule has 0 rings (SSSR count). The number of unbranched alkanes of at least 4 members (excludes halogenated alkanes) is 23. The molecule has 0 N–H and O–H groups in total. The van der Waals surface area contributed by atoms with Gasteiger partial charge < -0.3 is 14.2 Å². The highest BCUT2D eigenvalue weighted by atomic mass is 16.6. The van der Waals surface area contributed by atoms with Crippen molar-refractivity contribution in [2.45, 2.75) is 264 Å². The maximum atomic E-state index is 12.8. The fraction of sp³-hybridized carbons (Fsp3) is 0.694. The van der Waals surface area contributed by atoms with Gasteiger partial charge in [0.1, 0.15) is 13.2 Å². The summed E-state index contributed by atoms with van der Waals surface area (Å²) in [6.07, 6.45) is 74.0. The molecule has 1 unspecified atom stereocenters. The van der Waals surface area contributed by atoms with E-state index in [1.807, 2.05) is 0 Å². The van der Waals surface area contributed by atoms with Gasteiger partial charge in [-0.1, -0.05) is 240 Å². The van der Waals surface area contributed by atoms with E-state index in [9.17, 15) is 14.4 Å². The molecule has 0 saturated heterocycles. The van der Waals surface area contributed by atoms with E-state index < -0.39 is 6.10 Å². The average Bonchev–Trinajstić information content (AvgIpc) is 3.34. The molecule has 0 fully saturated rings. The Labute approximate surface area is 419 Å². The number of allylic oxidation sites excluding steroid dienone is 16. The molecule has 1 atom stereocenters. The van der Waals surface area contributed by atoms with Crippen molar-refractivity contribution in [2.75, 3.05) is 13.2 Å². The molecular formula is C62H104O6. The number of ether oxygens (including phenoxy) is 3. The number of rotatable bonds is 50. The van der Waals surface area contributed by atoms with Gasteiger partial charge in [0.05, 0.1) is 0 Å². The predicted octanol–water partition coefficient (Wildman–Crippen LogP) is 18.9. The molecule has 0 radical (unpaired) electrons. The minimum Gasteiger partial charge on any atom is -0.462 e. The maximum absolute atomic E-state index is 12.8. The second-order valence-electron chi connectivity index (χ2n) is 18.5. The molecule has 0 bridgehead atoms. The zero-order valence-electron chi connectivity index (χ0n) is 44.3. The van der Waals surface area contributed by atoms with Gasteiger partial charge in [0.25, 0.3) is 0 Å². The van der Waals surface area contributed by atoms with Crippen LogP contribution in [0, 0.1) is 0 Å². The van der Waals surface area contributed by atoms with Crippen molar-refractivity contribution in [3.05, 3.63) is 97.2 Å². The highest BCUT2D eigenvalue weighted by molar-refractivity contribution is 5.71. The minimum absolute atomic E-state index is 0.107. The van der Waals surface area contributed by atoms with Gasteiger partial charge in [-0.3, -0.25) is 14.4 Å². The molecule has 6 nitrogen and oxygen atoms in total. The molecule has 0 heterocycles. The summed E-state index contributed by atoms with van der Waals surface area (Å²) in [4.78, 5) is 38.1. The standard InChI is InChI=1S/C62H104O6/c1-4-7-10-13-16-19-22-25-28-30-31-33-34-37-40-43-46-49-52-55-61(64)67-58-59(57-66-60(63)54-51-48-45-42-39-36-27-24-21-18-15-12-9-6-3)68-62(65)56-53-50-47-44-41-38-35-32-29-26-23-20-17-14-11-8-5-2/h7,10,16,19,25-26,28-29,31,33,35,37-38,40,44,47,59H,4-6,8-9,11-15,17-18,20-24,27,30,32,34,36,39,41-43,45-46,48-58H2,1-3H3/b10-7-,19-16-,28-25-,29-26-,33-31-,38-35-,40-37-,47-44-. The summed E-state index contributed by atoms with van der Waals surface area (Å²) >= 11 is 0. The van der Waals surface area contributed by atoms with Gasteiger partial charge in [0.15, 0.2) is 6.10 Å². The molecule has 0 aromatic heterocycles. The predicted molar refractivity (Wildman–Crippen MR) is 293 cm³/mol. The second-order valence-corrected chi connectivity index (χ2v) is 18.5. The average molecular weight is 946 g/mol. The zero-order chi connectivity index (χ0) is 49.3. The van der Waals surface area contributed by atoms with Crippen LogP contribution in [0.2, 0.25) is 0 Å². The molecule has 68 heavy (non-hydrogen) atoms. The van der Waals surface area contributed by atoms with Crippen LogP contribution >= 0.6 is 0 Å². The molecule has 0 amide bonds. The number of esters is 3. The molecule has 0 aromatic rings. The van der Waals surface area contributed by atoms with Crippen molar-refractivity contribution in [3.63, 3.8) is 0 Å². The SMILES string of the molecule is CC/C=C\C/C=C\C/C=C\C/C=C\C/C=C\CCCCCC(=O)OCC(COC(=O)CCCCCCCCCCCCCCCC)OC(=O)CCC/C=C\C/C=C\C/C=C\CCCCCCCC. The van der Waals surface area contributed by atoms with E-state index in [2.05, 4.69) is 118 Å². The Morgan fingerprint density at radius 2 is 0.588 bits per heavy atom. The van der Waals surface area contributed by atoms with E-state index in [0.717, 1.165) is 96.3 Å². The molecule has 388 valence electrons. The lowest BCUT2D eigenvalue weighted by molar-refractivity contribution is -0.167. The van der Waals surface area contributed by atoms with Crippen LogP contribution < -0.4 is 0 Å². The molecule has 0 saturated carbocycles. The third-order valence-electron chi connectivity index (χ3n) is 11.8. The Morgan fingerprint density at radius 1 is 0.309 bits per heavy atom. The van der Waals surface area contributed by atoms with Gasteiger partial charge in [0.2, 0.25) is 0 Å². The summed E-state index contributed by atoms with van der Waals surface area (Å²) in [5.74, 6) is -0.990. The van der Waals surface area contributed by atoms with E-state index in [1.54, 1.807) is 0 Å². The largest absolute Gasteiger partial charge is 0.462 e. The van der Waals surface area contributed by atoms with Gasteiger partial charge in [-0.25, -0.2) is 0 Å². The van der Waals surface area contributed by atoms with Crippen LogP contribution in [0.3, 0.4) is 0 Å². The number of carbonyl (C=O) groups excluding carboxylic acids is 3. The summed E-state index contributed by atoms with van der Waals surface area (Å²) < 4.78 is 16.8. The summed E-state index contributed by atoms with van der Waals surface area (Å²) in [6.45, 7) is 6.46. The monoisotopic (exact) mass is 945 g/mol. The van der Waals surface area contributed by atoms with E-state index in [0.29, 0.717) is 19.3 Å². The first-order chi connectivity index (χ1) is 33.5. The fourth-order valence-corrected chi connectivity index (χ4v) is 7.60. The first-order valence-electron chi connectivity index (χ1n) is 28.2. The van der Waals surface area contributed by atoms with E-state index >= 15 is 0 Å². The Kier molecular flexibility index (Phi) is 52.9. The molecule has 0 aliphatic carbocycles. The highest BCUT2D eigenvalue weighted by Gasteiger charge is 2.19. The van der Waals surface area contributed by atoms with Crippen LogP contribution in [0.25, 0.3) is 0 Å². The van der Waals surface area contributed by atoms with E-state index in [4.69, 9.17) is 14.2 Å². The molecule has 0 aliphatic heterocycles. The first kappa shape index (κ1) is 64.3. The van der Waals surface area contributed by atoms with Crippen LogP contribution in [0.15, 0.2) is 97.2 Å². The van der Waals surface area contributed by atoms with Crippen molar-refractivity contribution in [3.8, 4) is 0 Å². The Bertz CT molecular complexity index is 1360. The van der Waals surface area contributed by atoms with Gasteiger partial charge in [0, 0.05) is 19.3 Å². The van der Waals surface area contributed by atoms with Gasteiger partial charge in [-0.05, 0) is 96.3 Å². The molecule has 0 spiro atoms. The molecule has 6 heteroatoms. The van der Waals surface area contributed by atoms with E-state index in [1.165, 1.54) is 116 Å². The van der Waals surface area contributed by atoms with Crippen LogP contribution in [0.1, 0.15) is 258 Å². The quantitative estimate of drug-likeness (QED) is 0.0262. The number of hydrogen-bond donors (Lipinski definition) is 0. The van der Waals surface area contributed by atoms with Crippen LogP contribution in [0.5, 0.6) is 0 Å². The van der Waals surface area contributed by atoms with Crippen molar-refractivity contribution in [2.24, 2.45) is 0 Å². The molecule has 0 aromatic carbocycles. The summed E-state index contributed by atoms with van der Waals surface area (Å²) in [6, 6.07) is 0. The first-order valence-corrected chi connectivity index (χ1v) is 28.2. The van der Waals surface area contributed by atoms with Crippen molar-refractivity contribution in [1.29, 1.82) is 0 Å². The molecule has 0 aliphatic rings. The highest BCUT2D eigenvalue weighted by Crippen LogP contribution is 2.15. The van der Waals surface area contributed by atoms with Gasteiger partial charge in [-0.2, -0.15) is 0 Å². The van der Waals surface area contributed by atoms with Gasteiger partial charge >= 0.3 is 17.9 Å². The number of hydrogen-bond acceptors (Lipinski definition) is 6. The smallest absolute Gasteiger partial charge is 0.306 e. The number of carbonyl (C=O) groups is 3. The van der Waals surface area contributed by atoms with Gasteiger partial charge in [-0.15, -0.1) is 0 Å². The lowest BCUT2D eigenvalue weighted by Crippen LogP contribution is -2.30. The minimum atomic E-state index is -0.817. The zero-order valence-corrected chi connectivity index (χ0v) is 44.3. The lowest BCUT2D eigenvalue weighted by atomic mass is 10.0. The fourth-order valence-electron chi connectivity index (χ4n) is 7.60. The third-order valence-corrected chi connectivity index (χ3v) is 11.8. The topological polar surface area (TPSA) is 78.9 Å². The Hall–Kier alpha value is -3.67. The Morgan fingerprint density at radius 3 is 0.956 bits per heavy atom. The van der Waals surface area contributed by atoms with Crippen LogP contribution in [-0.2, 0) is 28.6 Å². The van der Waals surface area contributed by atoms with Crippen LogP contribution in [0.4, 0.5) is 0 Å². The van der Waals surface area contributed by atoms with Crippen molar-refractivity contribution in [1.82, 2.24) is 0 Å².